The summed E-state index contributed by atoms with van der Waals surface area (Å²) < 4.78 is 18.3. The van der Waals surface area contributed by atoms with Gasteiger partial charge in [0.25, 0.3) is 0 Å². The van der Waals surface area contributed by atoms with Gasteiger partial charge in [-0.3, -0.25) is 4.98 Å². The zero-order valence-electron chi connectivity index (χ0n) is 19.8. The fourth-order valence-electron chi connectivity index (χ4n) is 5.62. The Hall–Kier alpha value is -3.91. The fraction of sp³-hybridized carbons (Fsp3) is 0.286. The third-order valence-corrected chi connectivity index (χ3v) is 7.73. The summed E-state index contributed by atoms with van der Waals surface area (Å²) in [5.74, 6) is 0.679. The van der Waals surface area contributed by atoms with E-state index in [0.717, 1.165) is 23.9 Å². The Balaban J connectivity index is 1.31. The predicted molar refractivity (Wildman–Crippen MR) is 139 cm³/mol. The van der Waals surface area contributed by atoms with Crippen LogP contribution in [0.2, 0.25) is 0 Å². The molecule has 0 unspecified atom stereocenters. The first-order valence-electron chi connectivity index (χ1n) is 12.5. The first-order chi connectivity index (χ1) is 17.7. The maximum Gasteiger partial charge on any atom is 0.157 e. The Morgan fingerprint density at radius 3 is 2.58 bits per heavy atom. The van der Waals surface area contributed by atoms with Crippen LogP contribution in [0.3, 0.4) is 0 Å². The van der Waals surface area contributed by atoms with Crippen molar-refractivity contribution in [1.29, 1.82) is 0 Å². The van der Waals surface area contributed by atoms with Crippen molar-refractivity contribution < 1.29 is 4.39 Å². The minimum atomic E-state index is -0.378. The summed E-state index contributed by atoms with van der Waals surface area (Å²) in [4.78, 5) is 20.3. The summed E-state index contributed by atoms with van der Waals surface area (Å²) in [6.45, 7) is 3.61. The molecule has 2 fully saturated rings. The molecule has 5 heterocycles. The van der Waals surface area contributed by atoms with Crippen LogP contribution in [0.4, 0.5) is 10.2 Å². The largest absolute Gasteiger partial charge is 0.383 e. The van der Waals surface area contributed by atoms with Gasteiger partial charge in [-0.2, -0.15) is 0 Å². The molecule has 7 rings (SSSR count). The van der Waals surface area contributed by atoms with Gasteiger partial charge in [0.05, 0.1) is 16.8 Å². The lowest BCUT2D eigenvalue weighted by molar-refractivity contribution is 0.0921. The number of halogens is 1. The highest BCUT2D eigenvalue weighted by Crippen LogP contribution is 2.44. The fourth-order valence-corrected chi connectivity index (χ4v) is 5.62. The van der Waals surface area contributed by atoms with E-state index in [-0.39, 0.29) is 5.82 Å². The second-order valence-electron chi connectivity index (χ2n) is 9.96. The molecule has 2 aliphatic rings. The van der Waals surface area contributed by atoms with Gasteiger partial charge in [0, 0.05) is 41.5 Å². The second-order valence-corrected chi connectivity index (χ2v) is 9.96. The van der Waals surface area contributed by atoms with Gasteiger partial charge in [-0.15, -0.1) is 0 Å². The summed E-state index contributed by atoms with van der Waals surface area (Å²) in [7, 11) is 0. The number of nitrogens with two attached hydrogens (primary N) is 1. The third-order valence-electron chi connectivity index (χ3n) is 7.73. The number of benzene rings is 1. The molecule has 8 heteroatoms. The number of hydrogen-bond acceptors (Lipinski definition) is 6. The van der Waals surface area contributed by atoms with Gasteiger partial charge in [-0.05, 0) is 56.5 Å². The van der Waals surface area contributed by atoms with E-state index in [2.05, 4.69) is 29.4 Å². The summed E-state index contributed by atoms with van der Waals surface area (Å²) in [6, 6.07) is 13.4. The third kappa shape index (κ3) is 3.44. The minimum absolute atomic E-state index is 0.310. The van der Waals surface area contributed by atoms with Crippen LogP contribution >= 0.6 is 0 Å². The summed E-state index contributed by atoms with van der Waals surface area (Å²) in [6.07, 6.45) is 8.71. The van der Waals surface area contributed by atoms with Gasteiger partial charge in [0.15, 0.2) is 5.82 Å². The maximum atomic E-state index is 16.1. The van der Waals surface area contributed by atoms with Crippen molar-refractivity contribution in [1.82, 2.24) is 29.4 Å². The lowest BCUT2D eigenvalue weighted by Crippen LogP contribution is -2.43. The van der Waals surface area contributed by atoms with Gasteiger partial charge in [-0.1, -0.05) is 24.3 Å². The molecule has 36 heavy (non-hydrogen) atoms. The first kappa shape index (κ1) is 21.4. The molecule has 1 saturated heterocycles. The second kappa shape index (κ2) is 8.34. The Bertz CT molecular complexity index is 1590. The molecule has 0 atom stereocenters. The van der Waals surface area contributed by atoms with E-state index in [4.69, 9.17) is 5.73 Å². The van der Waals surface area contributed by atoms with Crippen LogP contribution < -0.4 is 5.73 Å². The van der Waals surface area contributed by atoms with Crippen LogP contribution in [0.1, 0.15) is 25.3 Å². The van der Waals surface area contributed by atoms with Crippen molar-refractivity contribution in [3.05, 3.63) is 67.0 Å². The molecule has 7 nitrogen and oxygen atoms in total. The molecule has 0 bridgehead atoms. The Kier molecular flexibility index (Phi) is 4.95. The van der Waals surface area contributed by atoms with Crippen molar-refractivity contribution in [3.8, 4) is 22.5 Å². The van der Waals surface area contributed by atoms with Gasteiger partial charge in [0.1, 0.15) is 23.3 Å². The van der Waals surface area contributed by atoms with Crippen LogP contribution in [0.15, 0.2) is 61.2 Å². The lowest BCUT2D eigenvalue weighted by Gasteiger charge is -2.42. The molecule has 1 aromatic carbocycles. The molecule has 0 spiro atoms. The van der Waals surface area contributed by atoms with Gasteiger partial charge in [-0.25, -0.2) is 19.3 Å². The van der Waals surface area contributed by atoms with Crippen molar-refractivity contribution in [2.45, 2.75) is 25.3 Å². The van der Waals surface area contributed by atoms with Crippen molar-refractivity contribution in [3.63, 3.8) is 0 Å². The quantitative estimate of drug-likeness (QED) is 0.378. The highest BCUT2D eigenvalue weighted by molar-refractivity contribution is 6.02. The van der Waals surface area contributed by atoms with Crippen molar-refractivity contribution in [2.24, 2.45) is 5.92 Å². The summed E-state index contributed by atoms with van der Waals surface area (Å²) in [5, 5.41) is 1.43. The van der Waals surface area contributed by atoms with Gasteiger partial charge in [0.2, 0.25) is 0 Å². The first-order valence-corrected chi connectivity index (χ1v) is 12.5. The van der Waals surface area contributed by atoms with E-state index in [9.17, 15) is 0 Å². The zero-order chi connectivity index (χ0) is 24.2. The van der Waals surface area contributed by atoms with Gasteiger partial charge < -0.3 is 15.2 Å². The number of likely N-dealkylation sites (tertiary alicyclic amines) is 1. The Morgan fingerprint density at radius 1 is 0.944 bits per heavy atom. The molecule has 0 radical (unpaired) electrons. The predicted octanol–water partition coefficient (Wildman–Crippen LogP) is 5.09. The number of nitrogens with zero attached hydrogens (tertiary/aromatic N) is 6. The standard InChI is InChI=1S/C28H26FN7/c29-25-20(7-5-18-6-8-23(34-26(18)25)22-4-1-2-9-31-22)21-15-36(28-24(21)27(30)32-16-33-28)19-12-17(13-19)14-35-10-3-11-35/h1-2,4-9,15-17,19H,3,10-14H2,(H2,30,32,33). The van der Waals surface area contributed by atoms with Crippen LogP contribution in [-0.2, 0) is 0 Å². The van der Waals surface area contributed by atoms with E-state index < -0.39 is 0 Å². The van der Waals surface area contributed by atoms with Crippen LogP contribution in [0.25, 0.3) is 44.5 Å². The summed E-state index contributed by atoms with van der Waals surface area (Å²) in [5.41, 5.74) is 9.90. The molecule has 2 N–H and O–H groups in total. The molecule has 1 aliphatic heterocycles. The minimum Gasteiger partial charge on any atom is -0.383 e. The Morgan fingerprint density at radius 2 is 1.81 bits per heavy atom. The highest BCUT2D eigenvalue weighted by atomic mass is 19.1. The van der Waals surface area contributed by atoms with Gasteiger partial charge >= 0.3 is 0 Å². The molecule has 5 aromatic rings. The number of pyridine rings is 2. The molecule has 0 amide bonds. The normalized spacial score (nSPS) is 19.9. The average Bonchev–Trinajstić information content (AvgIpc) is 3.23. The number of fused-ring (bicyclic) bond motifs is 2. The number of anilines is 1. The molecule has 4 aromatic heterocycles. The van der Waals surface area contributed by atoms with E-state index in [1.807, 2.05) is 42.6 Å². The number of rotatable bonds is 5. The molecule has 1 saturated carbocycles. The van der Waals surface area contributed by atoms with E-state index in [1.54, 1.807) is 12.3 Å². The topological polar surface area (TPSA) is 85.7 Å². The number of aromatic nitrogens is 5. The smallest absolute Gasteiger partial charge is 0.157 e. The molecular weight excluding hydrogens is 453 g/mol. The van der Waals surface area contributed by atoms with Crippen LogP contribution in [-0.4, -0.2) is 49.0 Å². The highest BCUT2D eigenvalue weighted by Gasteiger charge is 2.34. The molecular formula is C28H26FN7. The van der Waals surface area contributed by atoms with E-state index in [1.165, 1.54) is 32.4 Å². The van der Waals surface area contributed by atoms with Crippen molar-refractivity contribution >= 4 is 27.8 Å². The maximum absolute atomic E-state index is 16.1. The number of hydrogen-bond donors (Lipinski definition) is 1. The Labute approximate surface area is 207 Å². The SMILES string of the molecule is Nc1ncnc2c1c(-c1ccc3ccc(-c4ccccn4)nc3c1F)cn2C1CC(CN2CCC2)C1. The van der Waals surface area contributed by atoms with E-state index >= 15 is 4.39 Å². The lowest BCUT2D eigenvalue weighted by atomic mass is 9.79. The van der Waals surface area contributed by atoms with E-state index in [0.29, 0.717) is 51.2 Å². The monoisotopic (exact) mass is 479 g/mol. The van der Waals surface area contributed by atoms with Crippen LogP contribution in [0.5, 0.6) is 0 Å². The zero-order valence-corrected chi connectivity index (χ0v) is 19.8. The number of nitrogen functional groups attached to an aromatic ring is 1. The summed E-state index contributed by atoms with van der Waals surface area (Å²) >= 11 is 0. The molecule has 1 aliphatic carbocycles. The van der Waals surface area contributed by atoms with Crippen molar-refractivity contribution in [2.75, 3.05) is 25.4 Å². The van der Waals surface area contributed by atoms with Crippen LogP contribution in [0, 0.1) is 11.7 Å². The average molecular weight is 480 g/mol. The molecule has 180 valence electrons.